The lowest BCUT2D eigenvalue weighted by molar-refractivity contribution is 0.0976. The lowest BCUT2D eigenvalue weighted by atomic mass is 10.4. The van der Waals surface area contributed by atoms with E-state index < -0.39 is 5.91 Å². The van der Waals surface area contributed by atoms with Crippen LogP contribution in [-0.2, 0) is 6.42 Å². The second-order valence-electron chi connectivity index (χ2n) is 2.86. The molecule has 0 saturated heterocycles. The van der Waals surface area contributed by atoms with Crippen LogP contribution in [0.15, 0.2) is 16.7 Å². The Labute approximate surface area is 79.9 Å². The number of amides is 1. The van der Waals surface area contributed by atoms with E-state index in [-0.39, 0.29) is 5.76 Å². The summed E-state index contributed by atoms with van der Waals surface area (Å²) >= 11 is 0. The fourth-order valence-corrected chi connectivity index (χ4v) is 1.17. The van der Waals surface area contributed by atoms with Crippen molar-refractivity contribution in [3.05, 3.63) is 23.8 Å². The Balaban J connectivity index is 2.60. The van der Waals surface area contributed by atoms with Gasteiger partial charge in [-0.15, -0.1) is 0 Å². The molecule has 5 heteroatoms. The van der Waals surface area contributed by atoms with E-state index in [2.05, 4.69) is 9.97 Å². The molecular formula is C9H9N3O2. The van der Waals surface area contributed by atoms with Crippen molar-refractivity contribution in [1.29, 1.82) is 0 Å². The van der Waals surface area contributed by atoms with Crippen LogP contribution in [0.1, 0.15) is 23.3 Å². The number of hydrogen-bond acceptors (Lipinski definition) is 4. The summed E-state index contributed by atoms with van der Waals surface area (Å²) in [6.07, 6.45) is 2.29. The number of carbonyl (C=O) groups excluding carboxylic acids is 1. The van der Waals surface area contributed by atoms with Gasteiger partial charge in [0.15, 0.2) is 11.3 Å². The molecule has 0 atom stereocenters. The van der Waals surface area contributed by atoms with Crippen LogP contribution in [0.2, 0.25) is 0 Å². The van der Waals surface area contributed by atoms with Crippen LogP contribution < -0.4 is 5.73 Å². The second kappa shape index (κ2) is 3.10. The largest absolute Gasteiger partial charge is 0.448 e. The summed E-state index contributed by atoms with van der Waals surface area (Å²) in [6, 6.07) is 1.53. The van der Waals surface area contributed by atoms with Gasteiger partial charge in [0.2, 0.25) is 0 Å². The summed E-state index contributed by atoms with van der Waals surface area (Å²) in [5.74, 6) is 0.234. The Morgan fingerprint density at radius 2 is 2.43 bits per heavy atom. The van der Waals surface area contributed by atoms with Gasteiger partial charge in [0.1, 0.15) is 11.3 Å². The Morgan fingerprint density at radius 3 is 3.07 bits per heavy atom. The highest BCUT2D eigenvalue weighted by molar-refractivity contribution is 5.93. The molecule has 14 heavy (non-hydrogen) atoms. The summed E-state index contributed by atoms with van der Waals surface area (Å²) in [6.45, 7) is 1.95. The van der Waals surface area contributed by atoms with Gasteiger partial charge in [-0.25, -0.2) is 9.97 Å². The van der Waals surface area contributed by atoms with Crippen molar-refractivity contribution >= 4 is 17.0 Å². The van der Waals surface area contributed by atoms with Gasteiger partial charge < -0.3 is 10.2 Å². The van der Waals surface area contributed by atoms with Gasteiger partial charge in [0, 0.05) is 12.5 Å². The van der Waals surface area contributed by atoms with Crippen LogP contribution in [0.25, 0.3) is 11.1 Å². The zero-order valence-corrected chi connectivity index (χ0v) is 7.65. The lowest BCUT2D eigenvalue weighted by Crippen LogP contribution is -2.08. The summed E-state index contributed by atoms with van der Waals surface area (Å²) in [4.78, 5) is 19.0. The molecule has 2 aromatic rings. The average Bonchev–Trinajstić information content (AvgIpc) is 2.59. The maximum Gasteiger partial charge on any atom is 0.284 e. The van der Waals surface area contributed by atoms with Crippen LogP contribution in [0, 0.1) is 0 Å². The van der Waals surface area contributed by atoms with E-state index in [0.29, 0.717) is 16.9 Å². The van der Waals surface area contributed by atoms with Gasteiger partial charge in [-0.05, 0) is 0 Å². The van der Waals surface area contributed by atoms with Gasteiger partial charge in [-0.3, -0.25) is 4.79 Å². The SMILES string of the molecule is CCc1ncc2oc(C(N)=O)cc2n1. The number of rotatable bonds is 2. The number of furan rings is 1. The Bertz CT molecular complexity index is 490. The number of nitrogens with two attached hydrogens (primary N) is 1. The summed E-state index contributed by atoms with van der Waals surface area (Å²) in [7, 11) is 0. The van der Waals surface area contributed by atoms with Gasteiger partial charge in [-0.2, -0.15) is 0 Å². The van der Waals surface area contributed by atoms with E-state index in [0.717, 1.165) is 6.42 Å². The molecule has 2 rings (SSSR count). The quantitative estimate of drug-likeness (QED) is 0.763. The Morgan fingerprint density at radius 1 is 1.64 bits per heavy atom. The standard InChI is InChI=1S/C9H9N3O2/c1-2-8-11-4-7-5(12-8)3-6(14-7)9(10)13/h3-4H,2H2,1H3,(H2,10,13). The smallest absolute Gasteiger partial charge is 0.284 e. The number of nitrogens with zero attached hydrogens (tertiary/aromatic N) is 2. The van der Waals surface area contributed by atoms with Gasteiger partial charge in [0.05, 0.1) is 6.20 Å². The first kappa shape index (κ1) is 8.68. The first-order valence-electron chi connectivity index (χ1n) is 4.26. The van der Waals surface area contributed by atoms with E-state index in [9.17, 15) is 4.79 Å². The molecule has 0 fully saturated rings. The number of primary amides is 1. The molecule has 0 aromatic carbocycles. The van der Waals surface area contributed by atoms with Crippen LogP contribution >= 0.6 is 0 Å². The van der Waals surface area contributed by atoms with Crippen LogP contribution in [0.5, 0.6) is 0 Å². The zero-order valence-electron chi connectivity index (χ0n) is 7.65. The third-order valence-electron chi connectivity index (χ3n) is 1.88. The second-order valence-corrected chi connectivity index (χ2v) is 2.86. The van der Waals surface area contributed by atoms with Crippen molar-refractivity contribution in [3.8, 4) is 0 Å². The normalized spacial score (nSPS) is 10.6. The minimum Gasteiger partial charge on any atom is -0.448 e. The van der Waals surface area contributed by atoms with Crippen molar-refractivity contribution in [3.63, 3.8) is 0 Å². The molecule has 1 amide bonds. The number of hydrogen-bond donors (Lipinski definition) is 1. The van der Waals surface area contributed by atoms with Gasteiger partial charge in [-0.1, -0.05) is 6.92 Å². The summed E-state index contributed by atoms with van der Waals surface area (Å²) in [5, 5.41) is 0. The van der Waals surface area contributed by atoms with Gasteiger partial charge >= 0.3 is 0 Å². The molecule has 0 bridgehead atoms. The number of aromatic nitrogens is 2. The fourth-order valence-electron chi connectivity index (χ4n) is 1.17. The molecule has 0 aliphatic rings. The lowest BCUT2D eigenvalue weighted by Gasteiger charge is -1.91. The number of fused-ring (bicyclic) bond motifs is 1. The van der Waals surface area contributed by atoms with Gasteiger partial charge in [0.25, 0.3) is 5.91 Å². The molecule has 0 unspecified atom stereocenters. The van der Waals surface area contributed by atoms with E-state index in [1.165, 1.54) is 6.07 Å². The minimum absolute atomic E-state index is 0.113. The van der Waals surface area contributed by atoms with Crippen molar-refractivity contribution in [2.45, 2.75) is 13.3 Å². The average molecular weight is 191 g/mol. The molecule has 5 nitrogen and oxygen atoms in total. The highest BCUT2D eigenvalue weighted by Gasteiger charge is 2.09. The predicted molar refractivity (Wildman–Crippen MR) is 49.7 cm³/mol. The molecule has 2 N–H and O–H groups in total. The van der Waals surface area contributed by atoms with Crippen LogP contribution in [0.4, 0.5) is 0 Å². The molecule has 2 heterocycles. The van der Waals surface area contributed by atoms with Crippen LogP contribution in [0.3, 0.4) is 0 Å². The topological polar surface area (TPSA) is 82.0 Å². The number of carbonyl (C=O) groups is 1. The van der Waals surface area contributed by atoms with E-state index in [4.69, 9.17) is 10.2 Å². The maximum absolute atomic E-state index is 10.8. The molecule has 0 spiro atoms. The highest BCUT2D eigenvalue weighted by atomic mass is 16.3. The number of aryl methyl sites for hydroxylation is 1. The first-order chi connectivity index (χ1) is 6.70. The summed E-state index contributed by atoms with van der Waals surface area (Å²) in [5.41, 5.74) is 6.17. The van der Waals surface area contributed by atoms with E-state index >= 15 is 0 Å². The maximum atomic E-state index is 10.8. The van der Waals surface area contributed by atoms with Crippen molar-refractivity contribution in [1.82, 2.24) is 9.97 Å². The van der Waals surface area contributed by atoms with E-state index in [1.54, 1.807) is 6.20 Å². The monoisotopic (exact) mass is 191 g/mol. The molecular weight excluding hydrogens is 182 g/mol. The zero-order chi connectivity index (χ0) is 10.1. The molecule has 72 valence electrons. The first-order valence-corrected chi connectivity index (χ1v) is 4.26. The van der Waals surface area contributed by atoms with Crippen molar-refractivity contribution in [2.24, 2.45) is 5.73 Å². The third-order valence-corrected chi connectivity index (χ3v) is 1.88. The van der Waals surface area contributed by atoms with Crippen LogP contribution in [-0.4, -0.2) is 15.9 Å². The van der Waals surface area contributed by atoms with Crippen molar-refractivity contribution in [2.75, 3.05) is 0 Å². The Kier molecular flexibility index (Phi) is 1.92. The van der Waals surface area contributed by atoms with Crippen molar-refractivity contribution < 1.29 is 9.21 Å². The molecule has 0 saturated carbocycles. The molecule has 2 aromatic heterocycles. The molecule has 0 radical (unpaired) electrons. The predicted octanol–water partition coefficient (Wildman–Crippen LogP) is 0.884. The highest BCUT2D eigenvalue weighted by Crippen LogP contribution is 2.16. The molecule has 0 aliphatic carbocycles. The van der Waals surface area contributed by atoms with E-state index in [1.807, 2.05) is 6.92 Å². The third kappa shape index (κ3) is 1.32. The summed E-state index contributed by atoms with van der Waals surface area (Å²) < 4.78 is 5.13. The minimum atomic E-state index is -0.596. The molecule has 0 aliphatic heterocycles. The fraction of sp³-hybridized carbons (Fsp3) is 0.222. The Hall–Kier alpha value is -1.91.